The maximum Gasteiger partial charge on any atom is 0.225 e. The Labute approximate surface area is 160 Å². The van der Waals surface area contributed by atoms with Gasteiger partial charge in [0.2, 0.25) is 11.8 Å². The number of carbonyl (C=O) groups excluding carboxylic acids is 2. The van der Waals surface area contributed by atoms with Gasteiger partial charge in [0.25, 0.3) is 0 Å². The average molecular weight is 370 g/mol. The number of likely N-dealkylation sites (tertiary alicyclic amines) is 1. The summed E-state index contributed by atoms with van der Waals surface area (Å²) < 4.78 is 2.23. The number of nitrogens with zero attached hydrogens (tertiary/aromatic N) is 3. The van der Waals surface area contributed by atoms with Crippen molar-refractivity contribution in [2.75, 3.05) is 19.6 Å². The average Bonchev–Trinajstić information content (AvgIpc) is 3.15. The first-order chi connectivity index (χ1) is 12.9. The number of hydrogen-bond acceptors (Lipinski definition) is 3. The minimum Gasteiger partial charge on any atom is -0.355 e. The molecule has 146 valence electrons. The Bertz CT molecular complexity index is 825. The number of imidazole rings is 1. The van der Waals surface area contributed by atoms with Crippen molar-refractivity contribution in [3.05, 3.63) is 30.1 Å². The topological polar surface area (TPSA) is 67.2 Å². The van der Waals surface area contributed by atoms with Crippen LogP contribution in [0.3, 0.4) is 0 Å². The third kappa shape index (κ3) is 4.31. The lowest BCUT2D eigenvalue weighted by Crippen LogP contribution is -2.35. The fraction of sp³-hybridized carbons (Fsp3) is 0.571. The molecule has 1 atom stereocenters. The summed E-state index contributed by atoms with van der Waals surface area (Å²) in [5, 5.41) is 3.01. The van der Waals surface area contributed by atoms with E-state index in [1.165, 1.54) is 0 Å². The number of amides is 2. The molecule has 6 nitrogen and oxygen atoms in total. The van der Waals surface area contributed by atoms with E-state index in [0.29, 0.717) is 37.9 Å². The molecule has 0 saturated carbocycles. The van der Waals surface area contributed by atoms with Gasteiger partial charge in [0.1, 0.15) is 5.82 Å². The van der Waals surface area contributed by atoms with Crippen molar-refractivity contribution >= 4 is 22.8 Å². The fourth-order valence-corrected chi connectivity index (χ4v) is 3.85. The molecule has 27 heavy (non-hydrogen) atoms. The Kier molecular flexibility index (Phi) is 5.82. The Morgan fingerprint density at radius 3 is 2.70 bits per heavy atom. The number of hydrogen-bond donors (Lipinski definition) is 1. The molecule has 1 saturated heterocycles. The van der Waals surface area contributed by atoms with Crippen molar-refractivity contribution in [1.29, 1.82) is 0 Å². The Balaban J connectivity index is 1.59. The molecule has 2 amide bonds. The second-order valence-electron chi connectivity index (χ2n) is 8.12. The minimum atomic E-state index is -0.236. The van der Waals surface area contributed by atoms with Gasteiger partial charge in [0, 0.05) is 38.5 Å². The van der Waals surface area contributed by atoms with Gasteiger partial charge < -0.3 is 14.8 Å². The molecule has 1 aliphatic rings. The molecule has 0 bridgehead atoms. The largest absolute Gasteiger partial charge is 0.355 e. The number of para-hydroxylation sites is 2. The summed E-state index contributed by atoms with van der Waals surface area (Å²) in [4.78, 5) is 31.1. The van der Waals surface area contributed by atoms with Gasteiger partial charge in [0.05, 0.1) is 17.0 Å². The monoisotopic (exact) mass is 370 g/mol. The van der Waals surface area contributed by atoms with Crippen molar-refractivity contribution in [2.45, 2.75) is 46.6 Å². The van der Waals surface area contributed by atoms with Crippen LogP contribution < -0.4 is 5.32 Å². The first kappa shape index (κ1) is 19.4. The van der Waals surface area contributed by atoms with E-state index in [4.69, 9.17) is 4.98 Å². The van der Waals surface area contributed by atoms with Gasteiger partial charge in [-0.15, -0.1) is 0 Å². The molecule has 2 aromatic rings. The first-order valence-corrected chi connectivity index (χ1v) is 9.88. The Morgan fingerprint density at radius 1 is 1.26 bits per heavy atom. The van der Waals surface area contributed by atoms with E-state index >= 15 is 0 Å². The highest BCUT2D eigenvalue weighted by Crippen LogP contribution is 2.22. The highest BCUT2D eigenvalue weighted by molar-refractivity contribution is 5.89. The smallest absolute Gasteiger partial charge is 0.225 e. The quantitative estimate of drug-likeness (QED) is 0.815. The highest BCUT2D eigenvalue weighted by atomic mass is 16.2. The van der Waals surface area contributed by atoms with E-state index in [9.17, 15) is 9.59 Å². The molecular formula is C21H30N4O2. The predicted octanol–water partition coefficient (Wildman–Crippen LogP) is 2.78. The number of aromatic nitrogens is 2. The number of carbonyl (C=O) groups is 2. The van der Waals surface area contributed by atoms with E-state index in [-0.39, 0.29) is 17.7 Å². The normalized spacial score (nSPS) is 17.5. The van der Waals surface area contributed by atoms with E-state index in [0.717, 1.165) is 23.4 Å². The Hall–Kier alpha value is -2.37. The van der Waals surface area contributed by atoms with Crippen LogP contribution in [0.1, 0.15) is 46.0 Å². The zero-order valence-corrected chi connectivity index (χ0v) is 16.7. The van der Waals surface area contributed by atoms with E-state index in [1.54, 1.807) is 0 Å². The lowest BCUT2D eigenvalue weighted by molar-refractivity contribution is -0.129. The summed E-state index contributed by atoms with van der Waals surface area (Å²) in [5.74, 6) is 1.22. The summed E-state index contributed by atoms with van der Waals surface area (Å²) in [6.45, 7) is 10.2. The van der Waals surface area contributed by atoms with E-state index in [1.807, 2.05) is 23.1 Å². The van der Waals surface area contributed by atoms with Gasteiger partial charge in [0.15, 0.2) is 0 Å². The number of benzene rings is 1. The van der Waals surface area contributed by atoms with Gasteiger partial charge >= 0.3 is 0 Å². The van der Waals surface area contributed by atoms with E-state index < -0.39 is 0 Å². The van der Waals surface area contributed by atoms with Crippen LogP contribution in [0.5, 0.6) is 0 Å². The van der Waals surface area contributed by atoms with Crippen molar-refractivity contribution in [1.82, 2.24) is 19.8 Å². The van der Waals surface area contributed by atoms with Gasteiger partial charge in [-0.3, -0.25) is 9.59 Å². The molecule has 1 aliphatic heterocycles. The number of fused-ring (bicyclic) bond motifs is 1. The predicted molar refractivity (Wildman–Crippen MR) is 106 cm³/mol. The minimum absolute atomic E-state index is 0.0261. The number of nitrogens with one attached hydrogen (secondary N) is 1. The summed E-state index contributed by atoms with van der Waals surface area (Å²) >= 11 is 0. The first-order valence-electron chi connectivity index (χ1n) is 9.88. The van der Waals surface area contributed by atoms with Crippen molar-refractivity contribution in [3.8, 4) is 0 Å². The summed E-state index contributed by atoms with van der Waals surface area (Å²) in [6.07, 6.45) is 0.998. The molecule has 1 aromatic heterocycles. The van der Waals surface area contributed by atoms with Crippen LogP contribution in [0.2, 0.25) is 0 Å². The van der Waals surface area contributed by atoms with Gasteiger partial charge in [-0.2, -0.15) is 0 Å². The highest BCUT2D eigenvalue weighted by Gasteiger charge is 2.34. The zero-order chi connectivity index (χ0) is 19.6. The molecule has 1 aromatic carbocycles. The number of rotatable bonds is 7. The molecular weight excluding hydrogens is 340 g/mol. The zero-order valence-electron chi connectivity index (χ0n) is 16.7. The van der Waals surface area contributed by atoms with Crippen molar-refractivity contribution in [3.63, 3.8) is 0 Å². The molecule has 0 aliphatic carbocycles. The molecule has 0 spiro atoms. The molecule has 0 radical (unpaired) electrons. The van der Waals surface area contributed by atoms with Gasteiger partial charge in [-0.1, -0.05) is 26.0 Å². The van der Waals surface area contributed by atoms with E-state index in [2.05, 4.69) is 43.6 Å². The maximum atomic E-state index is 12.5. The standard InChI is InChI=1S/C21H30N4O2/c1-14(2)12-24-13-16(11-20(24)26)21(27)22-10-9-19-23-17-7-5-6-8-18(17)25(19)15(3)4/h5-8,14-16H,9-13H2,1-4H3,(H,22,27). The second kappa shape index (κ2) is 8.11. The SMILES string of the molecule is CC(C)CN1CC(C(=O)NCCc2nc3ccccc3n2C(C)C)CC1=O. The van der Waals surface area contributed by atoms with Gasteiger partial charge in [-0.05, 0) is 31.9 Å². The third-order valence-corrected chi connectivity index (χ3v) is 5.00. The lowest BCUT2D eigenvalue weighted by atomic mass is 10.1. The van der Waals surface area contributed by atoms with Crippen LogP contribution in [0, 0.1) is 11.8 Å². The molecule has 1 unspecified atom stereocenters. The Morgan fingerprint density at radius 2 is 2.00 bits per heavy atom. The van der Waals surface area contributed by atoms with Crippen LogP contribution in [0.4, 0.5) is 0 Å². The third-order valence-electron chi connectivity index (χ3n) is 5.00. The molecule has 6 heteroatoms. The van der Waals surface area contributed by atoms with Crippen LogP contribution in [-0.2, 0) is 16.0 Å². The molecule has 1 N–H and O–H groups in total. The summed E-state index contributed by atoms with van der Waals surface area (Å²) in [5.41, 5.74) is 2.11. The lowest BCUT2D eigenvalue weighted by Gasteiger charge is -2.18. The summed E-state index contributed by atoms with van der Waals surface area (Å²) in [6, 6.07) is 8.42. The van der Waals surface area contributed by atoms with Gasteiger partial charge in [-0.25, -0.2) is 4.98 Å². The summed E-state index contributed by atoms with van der Waals surface area (Å²) in [7, 11) is 0. The van der Waals surface area contributed by atoms with Crippen LogP contribution >= 0.6 is 0 Å². The molecule has 2 heterocycles. The fourth-order valence-electron chi connectivity index (χ4n) is 3.85. The molecule has 3 rings (SSSR count). The van der Waals surface area contributed by atoms with Crippen LogP contribution in [0.15, 0.2) is 24.3 Å². The molecule has 1 fully saturated rings. The van der Waals surface area contributed by atoms with Crippen molar-refractivity contribution < 1.29 is 9.59 Å². The van der Waals surface area contributed by atoms with Crippen LogP contribution in [-0.4, -0.2) is 45.9 Å². The second-order valence-corrected chi connectivity index (χ2v) is 8.12. The van der Waals surface area contributed by atoms with Crippen molar-refractivity contribution in [2.24, 2.45) is 11.8 Å². The maximum absolute atomic E-state index is 12.5. The van der Waals surface area contributed by atoms with Crippen LogP contribution in [0.25, 0.3) is 11.0 Å².